The number of aromatic nitrogens is 2. The number of rotatable bonds is 4. The standard InChI is InChI=1S/C10H18N2.C2H6/c1-9(2)5-4-6-10-7-11-12(3)8-10;1-2/h7-9H,4-6H2,1-3H3;1-2H3. The van der Waals surface area contributed by atoms with Crippen LogP contribution in [-0.4, -0.2) is 9.78 Å². The summed E-state index contributed by atoms with van der Waals surface area (Å²) in [7, 11) is 1.96. The Kier molecular flexibility index (Phi) is 7.17. The highest BCUT2D eigenvalue weighted by Gasteiger charge is 1.97. The van der Waals surface area contributed by atoms with Gasteiger partial charge in [0.25, 0.3) is 0 Å². The van der Waals surface area contributed by atoms with E-state index >= 15 is 0 Å². The molecule has 0 saturated carbocycles. The van der Waals surface area contributed by atoms with E-state index in [1.54, 1.807) is 0 Å². The third kappa shape index (κ3) is 5.79. The minimum atomic E-state index is 0.821. The monoisotopic (exact) mass is 196 g/mol. The number of aryl methyl sites for hydroxylation is 2. The van der Waals surface area contributed by atoms with Crippen LogP contribution in [0.15, 0.2) is 12.4 Å². The van der Waals surface area contributed by atoms with Gasteiger partial charge in [-0.3, -0.25) is 4.68 Å². The third-order valence-corrected chi connectivity index (χ3v) is 2.01. The molecule has 0 atom stereocenters. The molecular weight excluding hydrogens is 172 g/mol. The molecule has 1 rings (SSSR count). The predicted octanol–water partition coefficient (Wildman–Crippen LogP) is 3.43. The summed E-state index contributed by atoms with van der Waals surface area (Å²) in [6.45, 7) is 8.53. The van der Waals surface area contributed by atoms with Crippen LogP contribution in [0.2, 0.25) is 0 Å². The lowest BCUT2D eigenvalue weighted by Crippen LogP contribution is -1.89. The zero-order valence-corrected chi connectivity index (χ0v) is 10.2. The van der Waals surface area contributed by atoms with Gasteiger partial charge >= 0.3 is 0 Å². The van der Waals surface area contributed by atoms with Crippen LogP contribution in [-0.2, 0) is 13.5 Å². The second-order valence-corrected chi connectivity index (χ2v) is 3.81. The molecule has 14 heavy (non-hydrogen) atoms. The lowest BCUT2D eigenvalue weighted by Gasteiger charge is -2.01. The first-order valence-electron chi connectivity index (χ1n) is 5.66. The van der Waals surface area contributed by atoms with Crippen LogP contribution in [0, 0.1) is 5.92 Å². The summed E-state index contributed by atoms with van der Waals surface area (Å²) < 4.78 is 1.87. The van der Waals surface area contributed by atoms with Gasteiger partial charge in [0.2, 0.25) is 0 Å². The Hall–Kier alpha value is -0.790. The molecule has 0 radical (unpaired) electrons. The van der Waals surface area contributed by atoms with Crippen molar-refractivity contribution in [1.82, 2.24) is 9.78 Å². The summed E-state index contributed by atoms with van der Waals surface area (Å²) in [5.74, 6) is 0.821. The molecule has 0 aliphatic carbocycles. The van der Waals surface area contributed by atoms with Crippen molar-refractivity contribution < 1.29 is 0 Å². The van der Waals surface area contributed by atoms with E-state index in [4.69, 9.17) is 0 Å². The normalized spacial score (nSPS) is 9.86. The number of hydrogen-bond acceptors (Lipinski definition) is 1. The Balaban J connectivity index is 0.000000791. The maximum Gasteiger partial charge on any atom is 0.0521 e. The smallest absolute Gasteiger partial charge is 0.0521 e. The Morgan fingerprint density at radius 2 is 2.00 bits per heavy atom. The van der Waals surface area contributed by atoms with Crippen molar-refractivity contribution >= 4 is 0 Å². The molecule has 0 fully saturated rings. The second kappa shape index (κ2) is 7.60. The van der Waals surface area contributed by atoms with Gasteiger partial charge in [-0.15, -0.1) is 0 Å². The van der Waals surface area contributed by atoms with Crippen LogP contribution < -0.4 is 0 Å². The quantitative estimate of drug-likeness (QED) is 0.721. The fourth-order valence-corrected chi connectivity index (χ4v) is 1.32. The molecule has 0 aliphatic heterocycles. The van der Waals surface area contributed by atoms with E-state index in [2.05, 4.69) is 25.1 Å². The molecule has 1 heterocycles. The lowest BCUT2D eigenvalue weighted by molar-refractivity contribution is 0.555. The summed E-state index contributed by atoms with van der Waals surface area (Å²) in [5.41, 5.74) is 1.36. The molecule has 0 spiro atoms. The first-order chi connectivity index (χ1) is 6.68. The van der Waals surface area contributed by atoms with Crippen LogP contribution in [0.4, 0.5) is 0 Å². The fourth-order valence-electron chi connectivity index (χ4n) is 1.32. The number of hydrogen-bond donors (Lipinski definition) is 0. The first kappa shape index (κ1) is 13.2. The minimum absolute atomic E-state index is 0.821. The summed E-state index contributed by atoms with van der Waals surface area (Å²) in [5, 5.41) is 4.13. The molecule has 0 amide bonds. The van der Waals surface area contributed by atoms with E-state index in [9.17, 15) is 0 Å². The van der Waals surface area contributed by atoms with E-state index in [1.807, 2.05) is 31.8 Å². The maximum atomic E-state index is 4.13. The van der Waals surface area contributed by atoms with Crippen molar-refractivity contribution in [3.8, 4) is 0 Å². The van der Waals surface area contributed by atoms with Crippen molar-refractivity contribution in [1.29, 1.82) is 0 Å². The van der Waals surface area contributed by atoms with E-state index in [0.29, 0.717) is 0 Å². The Morgan fingerprint density at radius 3 is 2.43 bits per heavy atom. The topological polar surface area (TPSA) is 17.8 Å². The highest BCUT2D eigenvalue weighted by atomic mass is 15.2. The molecular formula is C12H24N2. The van der Waals surface area contributed by atoms with E-state index < -0.39 is 0 Å². The van der Waals surface area contributed by atoms with Crippen LogP contribution in [0.25, 0.3) is 0 Å². The maximum absolute atomic E-state index is 4.13. The van der Waals surface area contributed by atoms with Crippen LogP contribution in [0.1, 0.15) is 46.1 Å². The van der Waals surface area contributed by atoms with Gasteiger partial charge in [0.15, 0.2) is 0 Å². The largest absolute Gasteiger partial charge is 0.276 e. The first-order valence-corrected chi connectivity index (χ1v) is 5.66. The summed E-state index contributed by atoms with van der Waals surface area (Å²) >= 11 is 0. The summed E-state index contributed by atoms with van der Waals surface area (Å²) in [6, 6.07) is 0. The van der Waals surface area contributed by atoms with Crippen LogP contribution in [0.3, 0.4) is 0 Å². The van der Waals surface area contributed by atoms with Gasteiger partial charge in [0.1, 0.15) is 0 Å². The minimum Gasteiger partial charge on any atom is -0.276 e. The summed E-state index contributed by atoms with van der Waals surface area (Å²) in [6.07, 6.45) is 7.82. The molecule has 0 saturated heterocycles. The Bertz CT molecular complexity index is 226. The molecule has 1 aromatic heterocycles. The van der Waals surface area contributed by atoms with E-state index in [0.717, 1.165) is 5.92 Å². The zero-order valence-electron chi connectivity index (χ0n) is 10.2. The average Bonchev–Trinajstić information content (AvgIpc) is 2.54. The number of nitrogens with zero attached hydrogens (tertiary/aromatic N) is 2. The second-order valence-electron chi connectivity index (χ2n) is 3.81. The van der Waals surface area contributed by atoms with E-state index in [1.165, 1.54) is 24.8 Å². The van der Waals surface area contributed by atoms with Gasteiger partial charge in [0, 0.05) is 13.2 Å². The molecule has 0 aromatic carbocycles. The molecule has 0 N–H and O–H groups in total. The molecule has 0 aliphatic rings. The highest BCUT2D eigenvalue weighted by molar-refractivity contribution is 5.03. The fraction of sp³-hybridized carbons (Fsp3) is 0.750. The molecule has 82 valence electrons. The van der Waals surface area contributed by atoms with Crippen molar-refractivity contribution in [2.24, 2.45) is 13.0 Å². The SMILES string of the molecule is CC.CC(C)CCCc1cnn(C)c1. The molecule has 0 bridgehead atoms. The predicted molar refractivity (Wildman–Crippen MR) is 62.3 cm³/mol. The van der Waals surface area contributed by atoms with Gasteiger partial charge in [-0.25, -0.2) is 0 Å². The average molecular weight is 196 g/mol. The van der Waals surface area contributed by atoms with Gasteiger partial charge in [-0.1, -0.05) is 34.1 Å². The Labute approximate surface area is 88.3 Å². The van der Waals surface area contributed by atoms with Gasteiger partial charge in [-0.2, -0.15) is 5.10 Å². The van der Waals surface area contributed by atoms with Gasteiger partial charge in [0.05, 0.1) is 6.20 Å². The van der Waals surface area contributed by atoms with Gasteiger partial charge < -0.3 is 0 Å². The van der Waals surface area contributed by atoms with Crippen LogP contribution >= 0.6 is 0 Å². The molecule has 2 heteroatoms. The lowest BCUT2D eigenvalue weighted by atomic mass is 10.0. The van der Waals surface area contributed by atoms with E-state index in [-0.39, 0.29) is 0 Å². The van der Waals surface area contributed by atoms with Crippen molar-refractivity contribution in [2.45, 2.75) is 47.0 Å². The molecule has 1 aromatic rings. The summed E-state index contributed by atoms with van der Waals surface area (Å²) in [4.78, 5) is 0. The molecule has 2 nitrogen and oxygen atoms in total. The van der Waals surface area contributed by atoms with Crippen molar-refractivity contribution in [3.05, 3.63) is 18.0 Å². The van der Waals surface area contributed by atoms with Crippen molar-refractivity contribution in [2.75, 3.05) is 0 Å². The van der Waals surface area contributed by atoms with Gasteiger partial charge in [-0.05, 0) is 24.3 Å². The third-order valence-electron chi connectivity index (χ3n) is 2.01. The van der Waals surface area contributed by atoms with Crippen molar-refractivity contribution in [3.63, 3.8) is 0 Å². The highest BCUT2D eigenvalue weighted by Crippen LogP contribution is 2.08. The zero-order chi connectivity index (χ0) is 11.0. The Morgan fingerprint density at radius 1 is 1.36 bits per heavy atom. The molecule has 0 unspecified atom stereocenters. The van der Waals surface area contributed by atoms with Crippen LogP contribution in [0.5, 0.6) is 0 Å².